The van der Waals surface area contributed by atoms with Crippen molar-refractivity contribution in [3.63, 3.8) is 0 Å². The van der Waals surface area contributed by atoms with Crippen molar-refractivity contribution >= 4 is 28.3 Å². The molecule has 0 aromatic heterocycles. The van der Waals surface area contributed by atoms with E-state index in [-0.39, 0.29) is 15.8 Å². The van der Waals surface area contributed by atoms with Crippen molar-refractivity contribution in [1.82, 2.24) is 0 Å². The fourth-order valence-corrected chi connectivity index (χ4v) is 1.60. The molecule has 3 nitrogen and oxygen atoms in total. The van der Waals surface area contributed by atoms with E-state index in [1.54, 1.807) is 22.6 Å². The predicted molar refractivity (Wildman–Crippen MR) is 60.7 cm³/mol. The normalized spacial score (nSPS) is 12.6. The van der Waals surface area contributed by atoms with Crippen LogP contribution in [-0.4, -0.2) is 29.5 Å². The molecule has 1 rings (SSSR count). The van der Waals surface area contributed by atoms with Gasteiger partial charge in [0.15, 0.2) is 0 Å². The average molecular weight is 329 g/mol. The standard InChI is InChI=1S/C9H10F2INO2/c10-6-1-2-7(11)9(8(6)12)13-3-5(15)4-14/h1-2,5,13-15H,3-4H2. The molecule has 1 aromatic rings. The molecule has 0 aliphatic heterocycles. The highest BCUT2D eigenvalue weighted by atomic mass is 127. The third-order valence-corrected chi connectivity index (χ3v) is 2.82. The summed E-state index contributed by atoms with van der Waals surface area (Å²) in [7, 11) is 0. The van der Waals surface area contributed by atoms with E-state index in [4.69, 9.17) is 10.2 Å². The van der Waals surface area contributed by atoms with Crippen LogP contribution in [0.4, 0.5) is 14.5 Å². The van der Waals surface area contributed by atoms with Crippen molar-refractivity contribution in [1.29, 1.82) is 0 Å². The molecule has 0 amide bonds. The van der Waals surface area contributed by atoms with Crippen LogP contribution in [0.3, 0.4) is 0 Å². The minimum Gasteiger partial charge on any atom is -0.394 e. The fraction of sp³-hybridized carbons (Fsp3) is 0.333. The van der Waals surface area contributed by atoms with E-state index >= 15 is 0 Å². The first-order valence-corrected chi connectivity index (χ1v) is 5.30. The third kappa shape index (κ3) is 3.25. The van der Waals surface area contributed by atoms with Crippen LogP contribution < -0.4 is 5.32 Å². The van der Waals surface area contributed by atoms with Gasteiger partial charge in [0.25, 0.3) is 0 Å². The Morgan fingerprint density at radius 2 is 1.93 bits per heavy atom. The van der Waals surface area contributed by atoms with Crippen LogP contribution in [0.2, 0.25) is 0 Å². The third-order valence-electron chi connectivity index (χ3n) is 1.77. The second-order valence-electron chi connectivity index (χ2n) is 2.94. The van der Waals surface area contributed by atoms with Crippen LogP contribution in [0.25, 0.3) is 0 Å². The molecule has 0 aliphatic rings. The molecule has 1 aromatic carbocycles. The van der Waals surface area contributed by atoms with Crippen molar-refractivity contribution < 1.29 is 19.0 Å². The summed E-state index contributed by atoms with van der Waals surface area (Å²) in [6.07, 6.45) is -0.997. The SMILES string of the molecule is OCC(O)CNc1c(F)ccc(F)c1I. The highest BCUT2D eigenvalue weighted by Gasteiger charge is 2.12. The van der Waals surface area contributed by atoms with Gasteiger partial charge in [-0.1, -0.05) is 0 Å². The monoisotopic (exact) mass is 329 g/mol. The Bertz CT molecular complexity index is 349. The first kappa shape index (κ1) is 12.6. The lowest BCUT2D eigenvalue weighted by atomic mass is 10.3. The second-order valence-corrected chi connectivity index (χ2v) is 4.01. The molecule has 3 N–H and O–H groups in total. The maximum Gasteiger partial charge on any atom is 0.147 e. The molecule has 84 valence electrons. The summed E-state index contributed by atoms with van der Waals surface area (Å²) in [6, 6.07) is 2.04. The lowest BCUT2D eigenvalue weighted by molar-refractivity contribution is 0.105. The van der Waals surface area contributed by atoms with Gasteiger partial charge >= 0.3 is 0 Å². The summed E-state index contributed by atoms with van der Waals surface area (Å²) in [5.41, 5.74) is 0.00287. The number of rotatable bonds is 4. The van der Waals surface area contributed by atoms with Gasteiger partial charge in [-0.2, -0.15) is 0 Å². The quantitative estimate of drug-likeness (QED) is 0.577. The maximum absolute atomic E-state index is 13.2. The van der Waals surface area contributed by atoms with Gasteiger partial charge in [-0.3, -0.25) is 0 Å². The number of aliphatic hydroxyl groups excluding tert-OH is 2. The van der Waals surface area contributed by atoms with Gasteiger partial charge in [-0.25, -0.2) is 8.78 Å². The number of benzene rings is 1. The maximum atomic E-state index is 13.2. The van der Waals surface area contributed by atoms with Gasteiger partial charge in [0.05, 0.1) is 22.0 Å². The topological polar surface area (TPSA) is 52.5 Å². The molecule has 0 spiro atoms. The number of nitrogens with one attached hydrogen (secondary N) is 1. The number of aliphatic hydroxyl groups is 2. The molecule has 0 saturated heterocycles. The van der Waals surface area contributed by atoms with Crippen molar-refractivity contribution in [2.45, 2.75) is 6.10 Å². The van der Waals surface area contributed by atoms with E-state index < -0.39 is 24.3 Å². The lowest BCUT2D eigenvalue weighted by Crippen LogP contribution is -2.23. The zero-order valence-corrected chi connectivity index (χ0v) is 9.83. The van der Waals surface area contributed by atoms with Crippen molar-refractivity contribution in [3.8, 4) is 0 Å². The lowest BCUT2D eigenvalue weighted by Gasteiger charge is -2.12. The summed E-state index contributed by atoms with van der Waals surface area (Å²) >= 11 is 1.67. The van der Waals surface area contributed by atoms with Crippen LogP contribution in [0.5, 0.6) is 0 Å². The fourth-order valence-electron chi connectivity index (χ4n) is 0.974. The Hall–Kier alpha value is -0.470. The minimum absolute atomic E-state index is 0.00287. The van der Waals surface area contributed by atoms with Crippen molar-refractivity contribution in [2.75, 3.05) is 18.5 Å². The number of hydrogen-bond acceptors (Lipinski definition) is 3. The van der Waals surface area contributed by atoms with E-state index in [0.717, 1.165) is 12.1 Å². The zero-order valence-electron chi connectivity index (χ0n) is 7.67. The number of hydrogen-bond donors (Lipinski definition) is 3. The van der Waals surface area contributed by atoms with Gasteiger partial charge in [0, 0.05) is 6.54 Å². The summed E-state index contributed by atoms with van der Waals surface area (Å²) in [5.74, 6) is -1.12. The number of anilines is 1. The molecule has 0 radical (unpaired) electrons. The van der Waals surface area contributed by atoms with Gasteiger partial charge in [0.1, 0.15) is 11.6 Å². The molecule has 0 fully saturated rings. The molecular formula is C9H10F2INO2. The molecule has 0 saturated carbocycles. The first-order valence-electron chi connectivity index (χ1n) is 4.22. The van der Waals surface area contributed by atoms with Crippen LogP contribution in [0.1, 0.15) is 0 Å². The first-order chi connectivity index (χ1) is 7.06. The van der Waals surface area contributed by atoms with Gasteiger partial charge in [-0.15, -0.1) is 0 Å². The second kappa shape index (κ2) is 5.57. The van der Waals surface area contributed by atoms with Crippen LogP contribution in [0, 0.1) is 15.2 Å². The number of halogens is 3. The summed E-state index contributed by atoms with van der Waals surface area (Å²) in [5, 5.41) is 20.1. The molecule has 1 unspecified atom stereocenters. The van der Waals surface area contributed by atoms with Crippen LogP contribution >= 0.6 is 22.6 Å². The molecule has 0 heterocycles. The molecule has 0 aliphatic carbocycles. The molecule has 0 bridgehead atoms. The smallest absolute Gasteiger partial charge is 0.147 e. The van der Waals surface area contributed by atoms with E-state index in [9.17, 15) is 8.78 Å². The molecule has 15 heavy (non-hydrogen) atoms. The average Bonchev–Trinajstić information content (AvgIpc) is 2.23. The zero-order chi connectivity index (χ0) is 11.4. The minimum atomic E-state index is -0.997. The van der Waals surface area contributed by atoms with Crippen molar-refractivity contribution in [2.24, 2.45) is 0 Å². The van der Waals surface area contributed by atoms with Gasteiger partial charge in [-0.05, 0) is 34.7 Å². The summed E-state index contributed by atoms with van der Waals surface area (Å²) in [4.78, 5) is 0. The van der Waals surface area contributed by atoms with E-state index in [0.29, 0.717) is 0 Å². The van der Waals surface area contributed by atoms with Gasteiger partial charge in [0.2, 0.25) is 0 Å². The van der Waals surface area contributed by atoms with Crippen LogP contribution in [-0.2, 0) is 0 Å². The Morgan fingerprint density at radius 3 is 2.53 bits per heavy atom. The Balaban J connectivity index is 2.80. The van der Waals surface area contributed by atoms with Gasteiger partial charge < -0.3 is 15.5 Å². The molecule has 6 heteroatoms. The highest BCUT2D eigenvalue weighted by molar-refractivity contribution is 14.1. The molecular weight excluding hydrogens is 319 g/mol. The van der Waals surface area contributed by atoms with E-state index in [2.05, 4.69) is 5.32 Å². The van der Waals surface area contributed by atoms with E-state index in [1.165, 1.54) is 0 Å². The van der Waals surface area contributed by atoms with Crippen molar-refractivity contribution in [3.05, 3.63) is 27.3 Å². The summed E-state index contributed by atoms with van der Waals surface area (Å²) in [6.45, 7) is -0.465. The Morgan fingerprint density at radius 1 is 1.33 bits per heavy atom. The predicted octanol–water partition coefficient (Wildman–Crippen LogP) is 1.33. The highest BCUT2D eigenvalue weighted by Crippen LogP contribution is 2.24. The molecule has 1 atom stereocenters. The Kier molecular flexibility index (Phi) is 4.68. The summed E-state index contributed by atoms with van der Waals surface area (Å²) < 4.78 is 26.4. The van der Waals surface area contributed by atoms with E-state index in [1.807, 2.05) is 0 Å². The Labute approximate surface area is 99.3 Å². The van der Waals surface area contributed by atoms with Crippen LogP contribution in [0.15, 0.2) is 12.1 Å². The largest absolute Gasteiger partial charge is 0.394 e.